The number of para-hydroxylation sites is 2. The number of hydrogen-bond donors (Lipinski definition) is 0. The van der Waals surface area contributed by atoms with Crippen molar-refractivity contribution in [1.82, 2.24) is 4.90 Å². The van der Waals surface area contributed by atoms with E-state index < -0.39 is 0 Å². The normalized spacial score (nSPS) is 14.8. The lowest BCUT2D eigenvalue weighted by Crippen LogP contribution is -2.48. The predicted molar refractivity (Wildman–Crippen MR) is 86.4 cm³/mol. The second-order valence-electron chi connectivity index (χ2n) is 5.24. The maximum Gasteiger partial charge on any atom is 0.253 e. The van der Waals surface area contributed by atoms with Crippen LogP contribution in [0.25, 0.3) is 0 Å². The summed E-state index contributed by atoms with van der Waals surface area (Å²) in [4.78, 5) is 16.6. The van der Waals surface area contributed by atoms with Crippen LogP contribution in [0, 0.1) is 6.07 Å². The summed E-state index contributed by atoms with van der Waals surface area (Å²) in [5, 5.41) is 0. The molecule has 1 radical (unpaired) electrons. The van der Waals surface area contributed by atoms with E-state index in [0.717, 1.165) is 43.2 Å². The van der Waals surface area contributed by atoms with Gasteiger partial charge in [-0.05, 0) is 30.3 Å². The molecule has 4 nitrogen and oxygen atoms in total. The number of methoxy groups -OCH3 is 1. The quantitative estimate of drug-likeness (QED) is 0.872. The van der Waals surface area contributed by atoms with Gasteiger partial charge in [-0.25, -0.2) is 0 Å². The molecule has 3 rings (SSSR count). The number of amides is 1. The highest BCUT2D eigenvalue weighted by Crippen LogP contribution is 2.28. The van der Waals surface area contributed by atoms with Crippen molar-refractivity contribution in [2.45, 2.75) is 0 Å². The first-order chi connectivity index (χ1) is 10.8. The van der Waals surface area contributed by atoms with Gasteiger partial charge in [0.1, 0.15) is 5.75 Å². The van der Waals surface area contributed by atoms with E-state index in [4.69, 9.17) is 4.74 Å². The minimum Gasteiger partial charge on any atom is -0.495 e. The summed E-state index contributed by atoms with van der Waals surface area (Å²) in [7, 11) is 1.69. The van der Waals surface area contributed by atoms with E-state index in [1.807, 2.05) is 35.2 Å². The highest BCUT2D eigenvalue weighted by molar-refractivity contribution is 5.94. The molecule has 2 aromatic carbocycles. The molecular weight excluding hydrogens is 276 g/mol. The van der Waals surface area contributed by atoms with Gasteiger partial charge in [0, 0.05) is 31.7 Å². The van der Waals surface area contributed by atoms with Crippen LogP contribution in [0.5, 0.6) is 5.75 Å². The zero-order valence-corrected chi connectivity index (χ0v) is 12.7. The van der Waals surface area contributed by atoms with Crippen LogP contribution >= 0.6 is 0 Å². The second-order valence-corrected chi connectivity index (χ2v) is 5.24. The molecule has 22 heavy (non-hydrogen) atoms. The van der Waals surface area contributed by atoms with Crippen LogP contribution < -0.4 is 9.64 Å². The van der Waals surface area contributed by atoms with Crippen molar-refractivity contribution in [3.8, 4) is 5.75 Å². The third-order valence-corrected chi connectivity index (χ3v) is 3.96. The summed E-state index contributed by atoms with van der Waals surface area (Å²) in [6.07, 6.45) is 0. The Morgan fingerprint density at radius 1 is 1.05 bits per heavy atom. The molecule has 2 aromatic rings. The molecule has 0 bridgehead atoms. The summed E-state index contributed by atoms with van der Waals surface area (Å²) >= 11 is 0. The Morgan fingerprint density at radius 2 is 1.73 bits per heavy atom. The van der Waals surface area contributed by atoms with Crippen molar-refractivity contribution in [2.75, 3.05) is 38.2 Å². The van der Waals surface area contributed by atoms with Crippen LogP contribution in [-0.2, 0) is 0 Å². The SMILES string of the molecule is COc1ccccc1N1CCN(C(=O)c2cc[c]cc2)CC1. The minimum absolute atomic E-state index is 0.0914. The molecule has 0 spiro atoms. The highest BCUT2D eigenvalue weighted by Gasteiger charge is 2.23. The average Bonchev–Trinajstić information content (AvgIpc) is 2.62. The second kappa shape index (κ2) is 6.52. The van der Waals surface area contributed by atoms with Gasteiger partial charge in [-0.15, -0.1) is 0 Å². The Labute approximate surface area is 130 Å². The third-order valence-electron chi connectivity index (χ3n) is 3.96. The summed E-state index contributed by atoms with van der Waals surface area (Å²) in [6, 6.07) is 18.1. The Kier molecular flexibility index (Phi) is 4.28. The predicted octanol–water partition coefficient (Wildman–Crippen LogP) is 2.46. The molecule has 0 atom stereocenters. The van der Waals surface area contributed by atoms with Crippen molar-refractivity contribution in [2.24, 2.45) is 0 Å². The lowest BCUT2D eigenvalue weighted by atomic mass is 10.1. The lowest BCUT2D eigenvalue weighted by molar-refractivity contribution is 0.0746. The van der Waals surface area contributed by atoms with Gasteiger partial charge in [0.2, 0.25) is 0 Å². The van der Waals surface area contributed by atoms with Crippen molar-refractivity contribution < 1.29 is 9.53 Å². The Morgan fingerprint density at radius 3 is 2.41 bits per heavy atom. The zero-order valence-electron chi connectivity index (χ0n) is 12.7. The van der Waals surface area contributed by atoms with Crippen molar-refractivity contribution >= 4 is 11.6 Å². The number of hydrogen-bond acceptors (Lipinski definition) is 3. The van der Waals surface area contributed by atoms with E-state index in [2.05, 4.69) is 17.0 Å². The van der Waals surface area contributed by atoms with E-state index in [0.29, 0.717) is 0 Å². The number of carbonyl (C=O) groups excluding carboxylic acids is 1. The van der Waals surface area contributed by atoms with Crippen LogP contribution in [-0.4, -0.2) is 44.1 Å². The number of ether oxygens (including phenoxy) is 1. The number of rotatable bonds is 3. The number of nitrogens with zero attached hydrogens (tertiary/aromatic N) is 2. The van der Waals surface area contributed by atoms with Crippen LogP contribution in [0.3, 0.4) is 0 Å². The van der Waals surface area contributed by atoms with Crippen molar-refractivity contribution in [1.29, 1.82) is 0 Å². The largest absolute Gasteiger partial charge is 0.495 e. The summed E-state index contributed by atoms with van der Waals surface area (Å²) in [5.74, 6) is 0.967. The molecule has 1 heterocycles. The molecule has 113 valence electrons. The van der Waals surface area contributed by atoms with Crippen LogP contribution in [0.2, 0.25) is 0 Å². The fraction of sp³-hybridized carbons (Fsp3) is 0.278. The van der Waals surface area contributed by atoms with Crippen LogP contribution in [0.4, 0.5) is 5.69 Å². The molecule has 1 aliphatic heterocycles. The number of anilines is 1. The van der Waals surface area contributed by atoms with Gasteiger partial charge >= 0.3 is 0 Å². The first kappa shape index (κ1) is 14.4. The summed E-state index contributed by atoms with van der Waals surface area (Å²) in [6.45, 7) is 3.06. The molecule has 1 amide bonds. The van der Waals surface area contributed by atoms with Crippen LogP contribution in [0.1, 0.15) is 10.4 Å². The topological polar surface area (TPSA) is 32.8 Å². The maximum absolute atomic E-state index is 12.4. The van der Waals surface area contributed by atoms with Crippen molar-refractivity contribution in [3.63, 3.8) is 0 Å². The molecule has 0 saturated carbocycles. The monoisotopic (exact) mass is 295 g/mol. The van der Waals surface area contributed by atoms with Gasteiger partial charge in [0.05, 0.1) is 12.8 Å². The molecular formula is C18H19N2O2. The van der Waals surface area contributed by atoms with Crippen molar-refractivity contribution in [3.05, 3.63) is 60.2 Å². The van der Waals surface area contributed by atoms with Gasteiger partial charge in [-0.3, -0.25) is 4.79 Å². The molecule has 1 aliphatic rings. The number of benzene rings is 2. The maximum atomic E-state index is 12.4. The van der Waals surface area contributed by atoms with E-state index in [1.165, 1.54) is 0 Å². The molecule has 0 aromatic heterocycles. The molecule has 0 aliphatic carbocycles. The zero-order chi connectivity index (χ0) is 15.4. The molecule has 1 saturated heterocycles. The summed E-state index contributed by atoms with van der Waals surface area (Å²) in [5.41, 5.74) is 1.82. The van der Waals surface area contributed by atoms with Gasteiger partial charge in [0.25, 0.3) is 5.91 Å². The number of carbonyl (C=O) groups is 1. The standard InChI is InChI=1S/C18H19N2O2/c1-22-17-10-6-5-9-16(17)19-11-13-20(14-12-19)18(21)15-7-3-2-4-8-15/h3-10H,11-14H2,1H3. The first-order valence-electron chi connectivity index (χ1n) is 7.43. The Balaban J connectivity index is 1.67. The fourth-order valence-electron chi connectivity index (χ4n) is 2.75. The van der Waals surface area contributed by atoms with Crippen LogP contribution in [0.15, 0.2) is 48.5 Å². The van der Waals surface area contributed by atoms with Gasteiger partial charge in [0.15, 0.2) is 0 Å². The average molecular weight is 295 g/mol. The fourth-order valence-corrected chi connectivity index (χ4v) is 2.75. The van der Waals surface area contributed by atoms with Gasteiger partial charge in [-0.2, -0.15) is 0 Å². The molecule has 4 heteroatoms. The minimum atomic E-state index is 0.0914. The van der Waals surface area contributed by atoms with E-state index in [-0.39, 0.29) is 5.91 Å². The van der Waals surface area contributed by atoms with E-state index in [1.54, 1.807) is 19.2 Å². The van der Waals surface area contributed by atoms with Gasteiger partial charge in [-0.1, -0.05) is 24.3 Å². The third kappa shape index (κ3) is 2.91. The smallest absolute Gasteiger partial charge is 0.253 e. The first-order valence-corrected chi connectivity index (χ1v) is 7.43. The molecule has 1 fully saturated rings. The Bertz CT molecular complexity index is 635. The molecule has 0 unspecified atom stereocenters. The van der Waals surface area contributed by atoms with E-state index in [9.17, 15) is 4.79 Å². The van der Waals surface area contributed by atoms with Gasteiger partial charge < -0.3 is 14.5 Å². The highest BCUT2D eigenvalue weighted by atomic mass is 16.5. The molecule has 0 N–H and O–H groups in total. The summed E-state index contributed by atoms with van der Waals surface area (Å²) < 4.78 is 5.42. The Hall–Kier alpha value is -2.49. The number of piperazine rings is 1. The lowest BCUT2D eigenvalue weighted by Gasteiger charge is -2.36. The van der Waals surface area contributed by atoms with E-state index >= 15 is 0 Å².